The third-order valence-electron chi connectivity index (χ3n) is 11.0. The number of aliphatic carboxylic acids is 1. The van der Waals surface area contributed by atoms with Gasteiger partial charge < -0.3 is 9.84 Å². The lowest BCUT2D eigenvalue weighted by Gasteiger charge is -2.20. The largest absolute Gasteiger partial charge is 0.481 e. The monoisotopic (exact) mass is 779 g/mol. The highest BCUT2D eigenvalue weighted by molar-refractivity contribution is 5.87. The summed E-state index contributed by atoms with van der Waals surface area (Å²) in [6.45, 7) is 3.64. The summed E-state index contributed by atoms with van der Waals surface area (Å²) in [6, 6.07) is 0. The summed E-state index contributed by atoms with van der Waals surface area (Å²) in [4.78, 5) is 69.4. The number of carbonyl (C=O) groups is 6. The molecule has 0 heterocycles. The fourth-order valence-electron chi connectivity index (χ4n) is 7.60. The minimum absolute atomic E-state index is 0. The second kappa shape index (κ2) is 27.8. The van der Waals surface area contributed by atoms with Crippen LogP contribution >= 0.6 is 0 Å². The molecule has 2 fully saturated rings. The van der Waals surface area contributed by atoms with Gasteiger partial charge in [-0.3, -0.25) is 28.8 Å². The van der Waals surface area contributed by atoms with Crippen molar-refractivity contribution in [1.82, 2.24) is 0 Å². The van der Waals surface area contributed by atoms with Gasteiger partial charge in [0.1, 0.15) is 11.6 Å². The van der Waals surface area contributed by atoms with Gasteiger partial charge in [0.05, 0.1) is 7.11 Å². The quantitative estimate of drug-likeness (QED) is 0.0472. The number of unbranched alkanes of at least 4 members (excludes halogenated alkanes) is 8. The molecule has 12 heteroatoms. The number of halogens is 4. The molecule has 0 saturated heterocycles. The Morgan fingerprint density at radius 2 is 1.00 bits per heavy atom. The lowest BCUT2D eigenvalue weighted by Crippen LogP contribution is -2.29. The Balaban J connectivity index is 0.00000102. The molecule has 2 aliphatic carbocycles. The Morgan fingerprint density at radius 3 is 1.37 bits per heavy atom. The van der Waals surface area contributed by atoms with Crippen LogP contribution in [0.25, 0.3) is 0 Å². The summed E-state index contributed by atoms with van der Waals surface area (Å²) in [6.07, 6.45) is 12.8. The van der Waals surface area contributed by atoms with Crippen molar-refractivity contribution in [2.24, 2.45) is 23.7 Å². The average Bonchev–Trinajstić information content (AvgIpc) is 3.66. The second-order valence-electron chi connectivity index (χ2n) is 15.2. The maximum Gasteiger partial charge on any atom is 0.305 e. The highest BCUT2D eigenvalue weighted by Gasteiger charge is 2.41. The molecule has 4 atom stereocenters. The van der Waals surface area contributed by atoms with Crippen LogP contribution < -0.4 is 0 Å². The van der Waals surface area contributed by atoms with Gasteiger partial charge in [0.25, 0.3) is 0 Å². The molecule has 0 aromatic heterocycles. The van der Waals surface area contributed by atoms with Gasteiger partial charge in [0.15, 0.2) is 0 Å². The molecule has 0 unspecified atom stereocenters. The van der Waals surface area contributed by atoms with Crippen molar-refractivity contribution in [3.05, 3.63) is 0 Å². The molecule has 314 valence electrons. The van der Waals surface area contributed by atoms with Gasteiger partial charge in [-0.25, -0.2) is 0 Å². The molecule has 0 radical (unpaired) electrons. The number of carboxylic acids is 1. The molecule has 2 aliphatic rings. The topological polar surface area (TPSA) is 132 Å². The molecular formula is C42H70F4O8. The predicted molar refractivity (Wildman–Crippen MR) is 202 cm³/mol. The summed E-state index contributed by atoms with van der Waals surface area (Å²) in [7, 11) is 1.37. The first-order chi connectivity index (χ1) is 25.1. The molecule has 2 rings (SSSR count). The lowest BCUT2D eigenvalue weighted by molar-refractivity contribution is -0.144. The second-order valence-corrected chi connectivity index (χ2v) is 15.2. The molecule has 8 nitrogen and oxygen atoms in total. The normalized spacial score (nSPS) is 19.9. The van der Waals surface area contributed by atoms with Crippen molar-refractivity contribution < 1.29 is 56.2 Å². The number of ketones is 4. The van der Waals surface area contributed by atoms with Gasteiger partial charge in [-0.05, 0) is 76.0 Å². The van der Waals surface area contributed by atoms with Crippen molar-refractivity contribution in [3.8, 4) is 0 Å². The maximum atomic E-state index is 13.8. The van der Waals surface area contributed by atoms with Crippen molar-refractivity contribution in [2.45, 2.75) is 200 Å². The standard InChI is InChI=1S/C21H34F2O4.C20H32F2O4.CH4/c1-3-4-15-21(22,23)19(25)14-12-16-11-13-18(24)17(16)9-7-5-6-8-10-20(26)27-2;1-2-3-14-20(21,22)18(24)13-11-15-10-12-17(23)16(15)8-6-4-5-7-9-19(25)26;/h16-17H,3-15H2,1-2H3;15-16H,2-14H2,1H3,(H,25,26);1H4/t16-,17-;15-,16-;/m11./s1. The summed E-state index contributed by atoms with van der Waals surface area (Å²) in [5, 5.41) is 8.60. The van der Waals surface area contributed by atoms with E-state index in [1.165, 1.54) is 7.11 Å². The van der Waals surface area contributed by atoms with Gasteiger partial charge in [-0.15, -0.1) is 0 Å². The van der Waals surface area contributed by atoms with E-state index in [0.29, 0.717) is 77.0 Å². The van der Waals surface area contributed by atoms with Gasteiger partial charge in [-0.1, -0.05) is 72.6 Å². The number of rotatable bonds is 28. The maximum absolute atomic E-state index is 13.8. The summed E-state index contributed by atoms with van der Waals surface area (Å²) >= 11 is 0. The Hall–Kier alpha value is -2.66. The first-order valence-corrected chi connectivity index (χ1v) is 20.3. The van der Waals surface area contributed by atoms with Crippen LogP contribution in [-0.4, -0.2) is 59.1 Å². The highest BCUT2D eigenvalue weighted by Crippen LogP contribution is 2.38. The van der Waals surface area contributed by atoms with Crippen LogP contribution in [0.1, 0.15) is 188 Å². The number of hydrogen-bond donors (Lipinski definition) is 1. The zero-order valence-corrected chi connectivity index (χ0v) is 32.5. The number of hydrogen-bond acceptors (Lipinski definition) is 7. The van der Waals surface area contributed by atoms with Crippen LogP contribution in [0.15, 0.2) is 0 Å². The molecule has 0 aliphatic heterocycles. The van der Waals surface area contributed by atoms with E-state index in [0.717, 1.165) is 57.8 Å². The smallest absolute Gasteiger partial charge is 0.305 e. The van der Waals surface area contributed by atoms with E-state index in [1.807, 2.05) is 13.8 Å². The zero-order valence-electron chi connectivity index (χ0n) is 32.5. The van der Waals surface area contributed by atoms with E-state index in [9.17, 15) is 46.3 Å². The van der Waals surface area contributed by atoms with Crippen LogP contribution in [0.3, 0.4) is 0 Å². The van der Waals surface area contributed by atoms with Gasteiger partial charge in [-0.2, -0.15) is 17.6 Å². The van der Waals surface area contributed by atoms with E-state index in [2.05, 4.69) is 4.74 Å². The fraction of sp³-hybridized carbons (Fsp3) is 0.857. The number of ether oxygens (including phenoxy) is 1. The highest BCUT2D eigenvalue weighted by atomic mass is 19.3. The van der Waals surface area contributed by atoms with E-state index in [4.69, 9.17) is 5.11 Å². The molecular weight excluding hydrogens is 708 g/mol. The Bertz CT molecular complexity index is 1140. The van der Waals surface area contributed by atoms with Gasteiger partial charge in [0.2, 0.25) is 11.6 Å². The van der Waals surface area contributed by atoms with E-state index in [-0.39, 0.29) is 80.7 Å². The average molecular weight is 779 g/mol. The molecule has 0 spiro atoms. The molecule has 2 saturated carbocycles. The van der Waals surface area contributed by atoms with E-state index < -0.39 is 29.4 Å². The molecule has 54 heavy (non-hydrogen) atoms. The van der Waals surface area contributed by atoms with Crippen molar-refractivity contribution >= 4 is 35.1 Å². The predicted octanol–water partition coefficient (Wildman–Crippen LogP) is 11.1. The first-order valence-electron chi connectivity index (χ1n) is 20.3. The van der Waals surface area contributed by atoms with Crippen molar-refractivity contribution in [2.75, 3.05) is 7.11 Å². The minimum Gasteiger partial charge on any atom is -0.481 e. The summed E-state index contributed by atoms with van der Waals surface area (Å²) in [5.74, 6) is -9.16. The van der Waals surface area contributed by atoms with Crippen LogP contribution in [0, 0.1) is 23.7 Å². The molecule has 0 amide bonds. The van der Waals surface area contributed by atoms with Crippen LogP contribution in [0.4, 0.5) is 17.6 Å². The number of alkyl halides is 4. The summed E-state index contributed by atoms with van der Waals surface area (Å²) in [5.41, 5.74) is 0. The number of carboxylic acid groups (broad SMARTS) is 1. The van der Waals surface area contributed by atoms with Gasteiger partial charge in [0, 0.05) is 63.2 Å². The SMILES string of the molecule is C.CCCCC(F)(F)C(=O)CC[C@H]1CCC(=O)[C@@H]1CCCCCCC(=O)O.CCCCC(F)(F)C(=O)CC[C@H]1CCC(=O)[C@@H]1CCCCCCC(=O)OC. The first kappa shape index (κ1) is 51.3. The Kier molecular flexibility index (Phi) is 26.5. The lowest BCUT2D eigenvalue weighted by atomic mass is 9.85. The summed E-state index contributed by atoms with van der Waals surface area (Å²) < 4.78 is 59.7. The third-order valence-corrected chi connectivity index (χ3v) is 11.0. The number of Topliss-reactive ketones (excluding diaryl/α,β-unsaturated/α-hetero) is 4. The van der Waals surface area contributed by atoms with Crippen LogP contribution in [0.5, 0.6) is 0 Å². The fourth-order valence-corrected chi connectivity index (χ4v) is 7.60. The number of esters is 1. The van der Waals surface area contributed by atoms with Gasteiger partial charge >= 0.3 is 23.8 Å². The molecule has 1 N–H and O–H groups in total. The molecule has 0 aromatic carbocycles. The van der Waals surface area contributed by atoms with Crippen LogP contribution in [-0.2, 0) is 33.5 Å². The third kappa shape index (κ3) is 20.3. The minimum atomic E-state index is -3.24. The molecule has 0 aromatic rings. The van der Waals surface area contributed by atoms with Crippen LogP contribution in [0.2, 0.25) is 0 Å². The van der Waals surface area contributed by atoms with E-state index in [1.54, 1.807) is 0 Å². The number of carbonyl (C=O) groups excluding carboxylic acids is 5. The Morgan fingerprint density at radius 1 is 0.611 bits per heavy atom. The molecule has 0 bridgehead atoms. The van der Waals surface area contributed by atoms with Crippen molar-refractivity contribution in [3.63, 3.8) is 0 Å². The zero-order chi connectivity index (χ0) is 39.9. The Labute approximate surface area is 321 Å². The number of methoxy groups -OCH3 is 1. The van der Waals surface area contributed by atoms with E-state index >= 15 is 0 Å². The van der Waals surface area contributed by atoms with Crippen molar-refractivity contribution in [1.29, 1.82) is 0 Å².